The molecule has 0 amide bonds. The highest BCUT2D eigenvalue weighted by atomic mass is 32.2. The fourth-order valence-corrected chi connectivity index (χ4v) is 12.2. The zero-order valence-corrected chi connectivity index (χ0v) is 17.6. The van der Waals surface area contributed by atoms with Crippen molar-refractivity contribution in [3.05, 3.63) is 11.6 Å². The topological polar surface area (TPSA) is 0 Å². The molecule has 2 spiro atoms. The van der Waals surface area contributed by atoms with Gasteiger partial charge < -0.3 is 0 Å². The average molecular weight is 363 g/mol. The van der Waals surface area contributed by atoms with E-state index in [-0.39, 0.29) is 0 Å². The Labute approximate surface area is 157 Å². The molecule has 0 unspecified atom stereocenters. The molecule has 2 bridgehead atoms. The summed E-state index contributed by atoms with van der Waals surface area (Å²) in [5.41, 5.74) is 3.51. The van der Waals surface area contributed by atoms with Gasteiger partial charge in [0.2, 0.25) is 0 Å². The van der Waals surface area contributed by atoms with Crippen LogP contribution in [0.25, 0.3) is 0 Å². The number of fused-ring (bicyclic) bond motifs is 3. The van der Waals surface area contributed by atoms with Gasteiger partial charge in [-0.1, -0.05) is 38.8 Å². The van der Waals surface area contributed by atoms with Crippen molar-refractivity contribution in [3.63, 3.8) is 0 Å². The third kappa shape index (κ3) is 1.86. The van der Waals surface area contributed by atoms with E-state index in [0.29, 0.717) is 20.3 Å². The molecule has 0 aromatic rings. The van der Waals surface area contributed by atoms with Crippen molar-refractivity contribution in [2.75, 3.05) is 11.5 Å². The van der Waals surface area contributed by atoms with Crippen molar-refractivity contribution in [1.82, 2.24) is 0 Å². The predicted molar refractivity (Wildman–Crippen MR) is 109 cm³/mol. The van der Waals surface area contributed by atoms with E-state index >= 15 is 0 Å². The Morgan fingerprint density at radius 1 is 1.04 bits per heavy atom. The number of thioether (sulfide) groups is 2. The van der Waals surface area contributed by atoms with Crippen molar-refractivity contribution < 1.29 is 0 Å². The molecule has 2 heteroatoms. The second-order valence-corrected chi connectivity index (χ2v) is 13.6. The van der Waals surface area contributed by atoms with Crippen molar-refractivity contribution >= 4 is 23.5 Å². The molecular weight excluding hydrogens is 328 g/mol. The van der Waals surface area contributed by atoms with Gasteiger partial charge in [0.15, 0.2) is 0 Å². The Morgan fingerprint density at radius 2 is 1.79 bits per heavy atom. The molecule has 0 nitrogen and oxygen atoms in total. The zero-order valence-electron chi connectivity index (χ0n) is 16.0. The first-order valence-corrected chi connectivity index (χ1v) is 12.3. The van der Waals surface area contributed by atoms with Crippen LogP contribution in [-0.2, 0) is 0 Å². The molecule has 4 fully saturated rings. The average Bonchev–Trinajstić information content (AvgIpc) is 3.08. The van der Waals surface area contributed by atoms with Crippen LogP contribution in [0.4, 0.5) is 0 Å². The quantitative estimate of drug-likeness (QED) is 0.436. The van der Waals surface area contributed by atoms with Gasteiger partial charge in [-0.3, -0.25) is 0 Å². The lowest BCUT2D eigenvalue weighted by Gasteiger charge is -2.65. The lowest BCUT2D eigenvalue weighted by molar-refractivity contribution is -0.150. The SMILES string of the molecule is CC1=C[C@@H]2CC[C@H]3C(C)(C)CCC[C@]3(C)[C@]23C[C@H]1C1(C3)SCCS1. The number of hydrogen-bond acceptors (Lipinski definition) is 2. The van der Waals surface area contributed by atoms with Crippen LogP contribution in [0, 0.1) is 34.0 Å². The Hall–Kier alpha value is 0.440. The molecule has 0 radical (unpaired) electrons. The smallest absolute Gasteiger partial charge is 0.0682 e. The first kappa shape index (κ1) is 16.6. The van der Waals surface area contributed by atoms with Gasteiger partial charge in [0.25, 0.3) is 0 Å². The first-order chi connectivity index (χ1) is 11.3. The molecule has 5 rings (SSSR count). The Balaban J connectivity index is 1.64. The third-order valence-electron chi connectivity index (χ3n) is 9.29. The van der Waals surface area contributed by atoms with Gasteiger partial charge in [0.1, 0.15) is 0 Å². The lowest BCUT2D eigenvalue weighted by atomic mass is 9.39. The molecule has 0 aromatic heterocycles. The molecule has 24 heavy (non-hydrogen) atoms. The molecule has 134 valence electrons. The third-order valence-corrected chi connectivity index (χ3v) is 12.9. The maximum absolute atomic E-state index is 2.78. The van der Waals surface area contributed by atoms with Gasteiger partial charge in [-0.2, -0.15) is 0 Å². The minimum Gasteiger partial charge on any atom is -0.143 e. The molecule has 5 aliphatic rings. The van der Waals surface area contributed by atoms with E-state index in [1.807, 2.05) is 0 Å². The first-order valence-electron chi connectivity index (χ1n) is 10.3. The second-order valence-electron chi connectivity index (χ2n) is 10.5. The summed E-state index contributed by atoms with van der Waals surface area (Å²) in [6.45, 7) is 10.4. The maximum Gasteiger partial charge on any atom is 0.0682 e. The number of allylic oxidation sites excluding steroid dienone is 2. The van der Waals surface area contributed by atoms with Gasteiger partial charge in [-0.05, 0) is 73.5 Å². The van der Waals surface area contributed by atoms with Gasteiger partial charge in [-0.25, -0.2) is 0 Å². The Bertz CT molecular complexity index is 585. The minimum absolute atomic E-state index is 0.543. The molecule has 0 N–H and O–H groups in total. The van der Waals surface area contributed by atoms with Crippen molar-refractivity contribution in [3.8, 4) is 0 Å². The molecule has 1 heterocycles. The summed E-state index contributed by atoms with van der Waals surface area (Å²) < 4.78 is 0.543. The van der Waals surface area contributed by atoms with Crippen LogP contribution in [0.1, 0.15) is 72.6 Å². The van der Waals surface area contributed by atoms with Gasteiger partial charge in [0, 0.05) is 17.4 Å². The van der Waals surface area contributed by atoms with Crippen LogP contribution in [0.15, 0.2) is 11.6 Å². The molecule has 5 atom stereocenters. The van der Waals surface area contributed by atoms with Crippen LogP contribution < -0.4 is 0 Å². The summed E-state index contributed by atoms with van der Waals surface area (Å²) in [7, 11) is 0. The van der Waals surface area contributed by atoms with Crippen LogP contribution in [0.3, 0.4) is 0 Å². The van der Waals surface area contributed by atoms with E-state index in [9.17, 15) is 0 Å². The molecule has 1 aliphatic heterocycles. The Morgan fingerprint density at radius 3 is 2.54 bits per heavy atom. The van der Waals surface area contributed by atoms with E-state index in [2.05, 4.69) is 57.3 Å². The van der Waals surface area contributed by atoms with E-state index in [1.165, 1.54) is 56.5 Å². The predicted octanol–water partition coefficient (Wildman–Crippen LogP) is 6.76. The van der Waals surface area contributed by atoms with Crippen LogP contribution in [0.5, 0.6) is 0 Å². The second kappa shape index (κ2) is 5.03. The van der Waals surface area contributed by atoms with Crippen LogP contribution >= 0.6 is 23.5 Å². The molecule has 3 saturated carbocycles. The van der Waals surface area contributed by atoms with Crippen molar-refractivity contribution in [1.29, 1.82) is 0 Å². The van der Waals surface area contributed by atoms with Crippen LogP contribution in [-0.4, -0.2) is 15.6 Å². The van der Waals surface area contributed by atoms with Crippen LogP contribution in [0.2, 0.25) is 0 Å². The van der Waals surface area contributed by atoms with Crippen molar-refractivity contribution in [2.45, 2.75) is 76.7 Å². The van der Waals surface area contributed by atoms with E-state index in [4.69, 9.17) is 0 Å². The summed E-state index contributed by atoms with van der Waals surface area (Å²) in [6.07, 6.45) is 13.2. The highest BCUT2D eigenvalue weighted by Crippen LogP contribution is 2.78. The summed E-state index contributed by atoms with van der Waals surface area (Å²) in [5.74, 6) is 5.48. The highest BCUT2D eigenvalue weighted by molar-refractivity contribution is 8.21. The molecule has 4 aliphatic carbocycles. The molecule has 1 saturated heterocycles. The monoisotopic (exact) mass is 362 g/mol. The zero-order chi connectivity index (χ0) is 16.8. The fraction of sp³-hybridized carbons (Fsp3) is 0.909. The Kier molecular flexibility index (Phi) is 3.48. The number of hydrogen-bond donors (Lipinski definition) is 0. The molecule has 0 aromatic carbocycles. The van der Waals surface area contributed by atoms with E-state index < -0.39 is 0 Å². The number of rotatable bonds is 0. The van der Waals surface area contributed by atoms with Gasteiger partial charge in [0.05, 0.1) is 4.08 Å². The van der Waals surface area contributed by atoms with Gasteiger partial charge in [-0.15, -0.1) is 23.5 Å². The maximum atomic E-state index is 2.78. The normalized spacial score (nSPS) is 51.2. The minimum atomic E-state index is 0.543. The summed E-state index contributed by atoms with van der Waals surface area (Å²) in [6, 6.07) is 0. The van der Waals surface area contributed by atoms with E-state index in [1.54, 1.807) is 5.57 Å². The highest BCUT2D eigenvalue weighted by Gasteiger charge is 2.70. The van der Waals surface area contributed by atoms with Gasteiger partial charge >= 0.3 is 0 Å². The summed E-state index contributed by atoms with van der Waals surface area (Å²) in [5, 5.41) is 0. The summed E-state index contributed by atoms with van der Waals surface area (Å²) >= 11 is 4.69. The largest absolute Gasteiger partial charge is 0.143 e. The van der Waals surface area contributed by atoms with Crippen molar-refractivity contribution in [2.24, 2.45) is 34.0 Å². The lowest BCUT2D eigenvalue weighted by Crippen LogP contribution is -2.57. The fourth-order valence-electron chi connectivity index (χ4n) is 8.30. The standard InChI is InChI=1S/C22H34S2/c1-15-12-16-6-7-18-19(2,3)8-5-9-20(18,4)21(16)13-17(15)22(14-21)23-10-11-24-22/h12,16-18H,5-11,13-14H2,1-4H3/t16-,17+,18-,20-,21-/m0/s1. The van der Waals surface area contributed by atoms with E-state index in [0.717, 1.165) is 17.8 Å². The molecular formula is C22H34S2. The summed E-state index contributed by atoms with van der Waals surface area (Å²) in [4.78, 5) is 0.